The van der Waals surface area contributed by atoms with Crippen molar-refractivity contribution in [3.63, 3.8) is 0 Å². The second-order valence-electron chi connectivity index (χ2n) is 4.89. The Kier molecular flexibility index (Phi) is 2.83. The van der Waals surface area contributed by atoms with Crippen molar-refractivity contribution < 1.29 is 0 Å². The predicted octanol–water partition coefficient (Wildman–Crippen LogP) is 2.89. The van der Waals surface area contributed by atoms with Gasteiger partial charge in [-0.3, -0.25) is 0 Å². The van der Waals surface area contributed by atoms with Crippen LogP contribution in [0.4, 0.5) is 0 Å². The number of rotatable bonds is 2. The zero-order chi connectivity index (χ0) is 10.9. The van der Waals surface area contributed by atoms with Crippen LogP contribution in [0.2, 0.25) is 0 Å². The minimum absolute atomic E-state index is 0.326. The highest BCUT2D eigenvalue weighted by molar-refractivity contribution is 5.31. The molecule has 0 aromatic heterocycles. The molecule has 2 unspecified atom stereocenters. The lowest BCUT2D eigenvalue weighted by molar-refractivity contribution is 0.427. The molecule has 0 spiro atoms. The van der Waals surface area contributed by atoms with Crippen molar-refractivity contribution in [1.29, 1.82) is 0 Å². The fourth-order valence-electron chi connectivity index (χ4n) is 2.51. The summed E-state index contributed by atoms with van der Waals surface area (Å²) in [5.74, 6) is 0. The zero-order valence-electron chi connectivity index (χ0n) is 10.0. The van der Waals surface area contributed by atoms with E-state index in [1.54, 1.807) is 0 Å². The van der Waals surface area contributed by atoms with Gasteiger partial charge in [-0.05, 0) is 37.4 Å². The van der Waals surface area contributed by atoms with E-state index in [9.17, 15) is 0 Å². The van der Waals surface area contributed by atoms with Gasteiger partial charge in [0.15, 0.2) is 0 Å². The van der Waals surface area contributed by atoms with Crippen molar-refractivity contribution in [2.75, 3.05) is 6.54 Å². The Balaban J connectivity index is 2.28. The Labute approximate surface area is 92.9 Å². The Bertz CT molecular complexity index is 328. The van der Waals surface area contributed by atoms with Crippen LogP contribution in [0.5, 0.6) is 0 Å². The summed E-state index contributed by atoms with van der Waals surface area (Å²) in [6.07, 6.45) is 2.38. The quantitative estimate of drug-likeness (QED) is 0.779. The molecule has 1 fully saturated rings. The van der Waals surface area contributed by atoms with E-state index < -0.39 is 0 Å². The van der Waals surface area contributed by atoms with Crippen LogP contribution in [-0.2, 0) is 11.8 Å². The van der Waals surface area contributed by atoms with Crippen LogP contribution in [0.3, 0.4) is 0 Å². The van der Waals surface area contributed by atoms with Crippen LogP contribution in [0.25, 0.3) is 0 Å². The third-order valence-corrected chi connectivity index (χ3v) is 4.07. The van der Waals surface area contributed by atoms with Crippen LogP contribution in [-0.4, -0.2) is 12.6 Å². The fraction of sp³-hybridized carbons (Fsp3) is 0.571. The molecule has 2 atom stereocenters. The van der Waals surface area contributed by atoms with Crippen LogP contribution in [0.15, 0.2) is 24.3 Å². The van der Waals surface area contributed by atoms with Crippen molar-refractivity contribution in [2.45, 2.75) is 45.1 Å². The van der Waals surface area contributed by atoms with E-state index in [0.717, 1.165) is 13.0 Å². The van der Waals surface area contributed by atoms with Gasteiger partial charge in [0.05, 0.1) is 0 Å². The summed E-state index contributed by atoms with van der Waals surface area (Å²) in [6, 6.07) is 9.74. The topological polar surface area (TPSA) is 12.0 Å². The lowest BCUT2D eigenvalue weighted by Crippen LogP contribution is -2.35. The molecule has 0 aliphatic carbocycles. The van der Waals surface area contributed by atoms with Crippen molar-refractivity contribution in [3.8, 4) is 0 Å². The highest BCUT2D eigenvalue weighted by Crippen LogP contribution is 2.34. The molecule has 0 bridgehead atoms. The summed E-state index contributed by atoms with van der Waals surface area (Å²) in [4.78, 5) is 0. The maximum Gasteiger partial charge on any atom is 0.0133 e. The van der Waals surface area contributed by atoms with Gasteiger partial charge in [-0.2, -0.15) is 0 Å². The van der Waals surface area contributed by atoms with Gasteiger partial charge in [0.2, 0.25) is 0 Å². The number of hydrogen-bond donors (Lipinski definition) is 1. The van der Waals surface area contributed by atoms with Gasteiger partial charge in [-0.15, -0.1) is 0 Å². The van der Waals surface area contributed by atoms with Gasteiger partial charge in [0.25, 0.3) is 0 Å². The third-order valence-electron chi connectivity index (χ3n) is 4.07. The molecule has 1 aromatic carbocycles. The number of benzene rings is 1. The van der Waals surface area contributed by atoms with Crippen molar-refractivity contribution in [2.24, 2.45) is 0 Å². The SMILES string of the molecule is CCc1ccc(C2(C)CCNC2C)cc1. The summed E-state index contributed by atoms with van der Waals surface area (Å²) in [5, 5.41) is 3.54. The molecule has 15 heavy (non-hydrogen) atoms. The smallest absolute Gasteiger partial charge is 0.0133 e. The molecule has 0 radical (unpaired) electrons. The molecule has 1 aliphatic heterocycles. The molecular weight excluding hydrogens is 182 g/mol. The number of nitrogens with one attached hydrogen (secondary N) is 1. The second kappa shape index (κ2) is 3.97. The summed E-state index contributed by atoms with van der Waals surface area (Å²) >= 11 is 0. The van der Waals surface area contributed by atoms with E-state index in [1.807, 2.05) is 0 Å². The van der Waals surface area contributed by atoms with Crippen molar-refractivity contribution >= 4 is 0 Å². The monoisotopic (exact) mass is 203 g/mol. The van der Waals surface area contributed by atoms with E-state index in [1.165, 1.54) is 17.5 Å². The minimum Gasteiger partial charge on any atom is -0.313 e. The Hall–Kier alpha value is -0.820. The van der Waals surface area contributed by atoms with Crippen LogP contribution in [0.1, 0.15) is 38.3 Å². The van der Waals surface area contributed by atoms with Gasteiger partial charge in [-0.1, -0.05) is 38.1 Å². The normalized spacial score (nSPS) is 30.7. The van der Waals surface area contributed by atoms with E-state index in [-0.39, 0.29) is 0 Å². The van der Waals surface area contributed by atoms with Gasteiger partial charge < -0.3 is 5.32 Å². The molecule has 1 nitrogen and oxygen atoms in total. The maximum atomic E-state index is 3.54. The van der Waals surface area contributed by atoms with Gasteiger partial charge in [-0.25, -0.2) is 0 Å². The minimum atomic E-state index is 0.326. The van der Waals surface area contributed by atoms with Crippen LogP contribution < -0.4 is 5.32 Å². The first kappa shape index (κ1) is 10.7. The fourth-order valence-corrected chi connectivity index (χ4v) is 2.51. The van der Waals surface area contributed by atoms with E-state index in [2.05, 4.69) is 50.4 Å². The van der Waals surface area contributed by atoms with E-state index in [4.69, 9.17) is 0 Å². The first-order valence-corrected chi connectivity index (χ1v) is 5.99. The van der Waals surface area contributed by atoms with E-state index >= 15 is 0 Å². The molecule has 1 aliphatic rings. The Morgan fingerprint density at radius 2 is 2.00 bits per heavy atom. The standard InChI is InChI=1S/C14H21N/c1-4-12-5-7-13(8-6-12)14(3)9-10-15-11(14)2/h5-8,11,15H,4,9-10H2,1-3H3. The molecule has 1 saturated heterocycles. The molecule has 2 rings (SSSR count). The highest BCUT2D eigenvalue weighted by atomic mass is 15.0. The van der Waals surface area contributed by atoms with Gasteiger partial charge in [0.1, 0.15) is 0 Å². The molecule has 1 heteroatoms. The zero-order valence-corrected chi connectivity index (χ0v) is 10.0. The molecule has 0 amide bonds. The molecule has 82 valence electrons. The predicted molar refractivity (Wildman–Crippen MR) is 65.3 cm³/mol. The third kappa shape index (κ3) is 1.81. The molecule has 1 N–H and O–H groups in total. The summed E-state index contributed by atoms with van der Waals surface area (Å²) in [5.41, 5.74) is 3.24. The summed E-state index contributed by atoms with van der Waals surface area (Å²) in [6.45, 7) is 8.02. The van der Waals surface area contributed by atoms with E-state index in [0.29, 0.717) is 11.5 Å². The summed E-state index contributed by atoms with van der Waals surface area (Å²) < 4.78 is 0. The first-order valence-electron chi connectivity index (χ1n) is 5.99. The van der Waals surface area contributed by atoms with Gasteiger partial charge >= 0.3 is 0 Å². The Morgan fingerprint density at radius 3 is 2.47 bits per heavy atom. The average molecular weight is 203 g/mol. The first-order chi connectivity index (χ1) is 7.16. The van der Waals surface area contributed by atoms with Crippen molar-refractivity contribution in [1.82, 2.24) is 5.32 Å². The average Bonchev–Trinajstić information content (AvgIpc) is 2.61. The number of hydrogen-bond acceptors (Lipinski definition) is 1. The molecular formula is C14H21N. The highest BCUT2D eigenvalue weighted by Gasteiger charge is 2.36. The largest absolute Gasteiger partial charge is 0.313 e. The lowest BCUT2D eigenvalue weighted by Gasteiger charge is -2.29. The summed E-state index contributed by atoms with van der Waals surface area (Å²) in [7, 11) is 0. The maximum absolute atomic E-state index is 3.54. The molecule has 1 heterocycles. The van der Waals surface area contributed by atoms with Crippen LogP contribution in [0, 0.1) is 0 Å². The molecule has 0 saturated carbocycles. The second-order valence-corrected chi connectivity index (χ2v) is 4.89. The molecule has 1 aromatic rings. The van der Waals surface area contributed by atoms with Crippen LogP contribution >= 0.6 is 0 Å². The number of aryl methyl sites for hydroxylation is 1. The Morgan fingerprint density at radius 1 is 1.33 bits per heavy atom. The van der Waals surface area contributed by atoms with Crippen molar-refractivity contribution in [3.05, 3.63) is 35.4 Å². The lowest BCUT2D eigenvalue weighted by atomic mass is 9.76. The van der Waals surface area contributed by atoms with Gasteiger partial charge in [0, 0.05) is 11.5 Å².